The zero-order valence-corrected chi connectivity index (χ0v) is 5.21. The second-order valence-corrected chi connectivity index (χ2v) is 2.16. The summed E-state index contributed by atoms with van der Waals surface area (Å²) in [6.45, 7) is 0.570. The highest BCUT2D eigenvalue weighted by Crippen LogP contribution is 2.14. The second-order valence-electron chi connectivity index (χ2n) is 2.16. The summed E-state index contributed by atoms with van der Waals surface area (Å²) in [7, 11) is 0. The first-order valence-corrected chi connectivity index (χ1v) is 3.00. The van der Waals surface area contributed by atoms with Gasteiger partial charge < -0.3 is 0 Å². The van der Waals surface area contributed by atoms with Crippen LogP contribution in [-0.2, 0) is 6.54 Å². The minimum atomic E-state index is -0.279. The molecule has 2 heterocycles. The van der Waals surface area contributed by atoms with E-state index in [0.717, 1.165) is 5.56 Å². The van der Waals surface area contributed by atoms with Crippen molar-refractivity contribution in [2.45, 2.75) is 6.54 Å². The Hall–Kier alpha value is -1.25. The summed E-state index contributed by atoms with van der Waals surface area (Å²) in [5, 5.41) is 0. The molecule has 0 radical (unpaired) electrons. The van der Waals surface area contributed by atoms with Crippen LogP contribution in [0.15, 0.2) is 17.4 Å². The molecule has 0 aromatic carbocycles. The van der Waals surface area contributed by atoms with Gasteiger partial charge in [0.25, 0.3) is 0 Å². The number of aliphatic imine (C=N–C) groups is 1. The molecule has 50 valence electrons. The standard InChI is InChI=1S/C7H5FN2/c8-7-4-10-2-5-1-9-3-6(5)7/h2-4H,1H2. The van der Waals surface area contributed by atoms with Crippen LogP contribution in [0.4, 0.5) is 4.39 Å². The van der Waals surface area contributed by atoms with Crippen molar-refractivity contribution < 1.29 is 4.39 Å². The van der Waals surface area contributed by atoms with Gasteiger partial charge in [0.05, 0.1) is 12.7 Å². The molecule has 0 aliphatic carbocycles. The Bertz CT molecular complexity index is 294. The van der Waals surface area contributed by atoms with Crippen LogP contribution in [0.5, 0.6) is 0 Å². The van der Waals surface area contributed by atoms with Crippen LogP contribution in [0.1, 0.15) is 11.1 Å². The summed E-state index contributed by atoms with van der Waals surface area (Å²) in [4.78, 5) is 7.61. The molecule has 0 N–H and O–H groups in total. The first-order valence-electron chi connectivity index (χ1n) is 3.00. The summed E-state index contributed by atoms with van der Waals surface area (Å²) in [6.07, 6.45) is 4.40. The van der Waals surface area contributed by atoms with Gasteiger partial charge in [0, 0.05) is 23.5 Å². The molecular formula is C7H5FN2. The van der Waals surface area contributed by atoms with Crippen molar-refractivity contribution in [1.29, 1.82) is 0 Å². The average Bonchev–Trinajstić information content (AvgIpc) is 2.36. The highest BCUT2D eigenvalue weighted by molar-refractivity contribution is 5.84. The van der Waals surface area contributed by atoms with Crippen molar-refractivity contribution >= 4 is 6.21 Å². The molecule has 1 aromatic rings. The summed E-state index contributed by atoms with van der Waals surface area (Å²) < 4.78 is 12.7. The van der Waals surface area contributed by atoms with Gasteiger partial charge in [-0.25, -0.2) is 4.39 Å². The normalized spacial score (nSPS) is 13.7. The third-order valence-corrected chi connectivity index (χ3v) is 1.50. The molecule has 0 saturated heterocycles. The van der Waals surface area contributed by atoms with E-state index < -0.39 is 0 Å². The second kappa shape index (κ2) is 1.87. The number of rotatable bonds is 0. The van der Waals surface area contributed by atoms with Crippen LogP contribution in [0.3, 0.4) is 0 Å². The molecule has 0 atom stereocenters. The highest BCUT2D eigenvalue weighted by atomic mass is 19.1. The Labute approximate surface area is 57.4 Å². The van der Waals surface area contributed by atoms with Gasteiger partial charge in [-0.1, -0.05) is 0 Å². The number of nitrogens with zero attached hydrogens (tertiary/aromatic N) is 2. The van der Waals surface area contributed by atoms with Gasteiger partial charge in [-0.3, -0.25) is 9.98 Å². The largest absolute Gasteiger partial charge is 0.288 e. The monoisotopic (exact) mass is 136 g/mol. The first-order chi connectivity index (χ1) is 4.88. The molecule has 10 heavy (non-hydrogen) atoms. The lowest BCUT2D eigenvalue weighted by Crippen LogP contribution is -1.90. The molecule has 0 fully saturated rings. The molecule has 0 saturated carbocycles. The van der Waals surface area contributed by atoms with E-state index in [1.165, 1.54) is 6.20 Å². The number of pyridine rings is 1. The van der Waals surface area contributed by atoms with E-state index in [0.29, 0.717) is 12.1 Å². The van der Waals surface area contributed by atoms with Crippen LogP contribution >= 0.6 is 0 Å². The van der Waals surface area contributed by atoms with Gasteiger partial charge in [-0.05, 0) is 0 Å². The Morgan fingerprint density at radius 2 is 2.30 bits per heavy atom. The summed E-state index contributed by atoms with van der Waals surface area (Å²) in [5.41, 5.74) is 1.47. The van der Waals surface area contributed by atoms with E-state index in [1.807, 2.05) is 0 Å². The van der Waals surface area contributed by atoms with E-state index in [-0.39, 0.29) is 5.82 Å². The average molecular weight is 136 g/mol. The molecule has 0 bridgehead atoms. The van der Waals surface area contributed by atoms with E-state index in [1.54, 1.807) is 12.4 Å². The van der Waals surface area contributed by atoms with E-state index in [9.17, 15) is 4.39 Å². The fourth-order valence-electron chi connectivity index (χ4n) is 0.991. The Morgan fingerprint density at radius 1 is 1.40 bits per heavy atom. The van der Waals surface area contributed by atoms with Crippen LogP contribution in [0.2, 0.25) is 0 Å². The maximum absolute atomic E-state index is 12.7. The third kappa shape index (κ3) is 0.635. The van der Waals surface area contributed by atoms with Crippen molar-refractivity contribution in [3.05, 3.63) is 29.3 Å². The molecule has 0 amide bonds. The molecule has 2 nitrogen and oxygen atoms in total. The maximum atomic E-state index is 12.7. The molecule has 1 aliphatic heterocycles. The summed E-state index contributed by atoms with van der Waals surface area (Å²) in [5.74, 6) is -0.279. The van der Waals surface area contributed by atoms with Crippen LogP contribution < -0.4 is 0 Å². The summed E-state index contributed by atoms with van der Waals surface area (Å²) in [6, 6.07) is 0. The van der Waals surface area contributed by atoms with Crippen LogP contribution in [-0.4, -0.2) is 11.2 Å². The summed E-state index contributed by atoms with van der Waals surface area (Å²) >= 11 is 0. The third-order valence-electron chi connectivity index (χ3n) is 1.50. The van der Waals surface area contributed by atoms with Crippen molar-refractivity contribution in [2.75, 3.05) is 0 Å². The Morgan fingerprint density at radius 3 is 3.10 bits per heavy atom. The maximum Gasteiger partial charge on any atom is 0.150 e. The van der Waals surface area contributed by atoms with Gasteiger partial charge in [0.2, 0.25) is 0 Å². The fraction of sp³-hybridized carbons (Fsp3) is 0.143. The number of aromatic nitrogens is 1. The number of hydrogen-bond donors (Lipinski definition) is 0. The van der Waals surface area contributed by atoms with Gasteiger partial charge in [0.1, 0.15) is 0 Å². The van der Waals surface area contributed by atoms with Crippen molar-refractivity contribution in [3.8, 4) is 0 Å². The van der Waals surface area contributed by atoms with Crippen LogP contribution in [0, 0.1) is 5.82 Å². The number of hydrogen-bond acceptors (Lipinski definition) is 2. The van der Waals surface area contributed by atoms with Gasteiger partial charge >= 0.3 is 0 Å². The molecule has 0 spiro atoms. The molecular weight excluding hydrogens is 131 g/mol. The predicted octanol–water partition coefficient (Wildman–Crippen LogP) is 1.15. The fourth-order valence-corrected chi connectivity index (χ4v) is 0.991. The zero-order chi connectivity index (χ0) is 6.97. The van der Waals surface area contributed by atoms with Crippen LogP contribution in [0.25, 0.3) is 0 Å². The predicted molar refractivity (Wildman–Crippen MR) is 35.5 cm³/mol. The van der Waals surface area contributed by atoms with Gasteiger partial charge in [0.15, 0.2) is 5.82 Å². The minimum absolute atomic E-state index is 0.279. The topological polar surface area (TPSA) is 25.2 Å². The van der Waals surface area contributed by atoms with Crippen molar-refractivity contribution in [1.82, 2.24) is 4.98 Å². The SMILES string of the molecule is Fc1cncc2c1C=NC2. The lowest BCUT2D eigenvalue weighted by molar-refractivity contribution is 0.618. The van der Waals surface area contributed by atoms with E-state index in [4.69, 9.17) is 0 Å². The van der Waals surface area contributed by atoms with Crippen molar-refractivity contribution in [3.63, 3.8) is 0 Å². The first kappa shape index (κ1) is 5.53. The molecule has 3 heteroatoms. The number of halogens is 1. The lowest BCUT2D eigenvalue weighted by atomic mass is 10.2. The van der Waals surface area contributed by atoms with Gasteiger partial charge in [-0.2, -0.15) is 0 Å². The van der Waals surface area contributed by atoms with E-state index in [2.05, 4.69) is 9.98 Å². The Kier molecular flexibility index (Phi) is 1.03. The quantitative estimate of drug-likeness (QED) is 0.525. The zero-order valence-electron chi connectivity index (χ0n) is 5.21. The van der Waals surface area contributed by atoms with E-state index >= 15 is 0 Å². The molecule has 0 unspecified atom stereocenters. The van der Waals surface area contributed by atoms with Crippen molar-refractivity contribution in [2.24, 2.45) is 4.99 Å². The van der Waals surface area contributed by atoms with Gasteiger partial charge in [-0.15, -0.1) is 0 Å². The minimum Gasteiger partial charge on any atom is -0.288 e. The molecule has 1 aromatic heterocycles. The molecule has 1 aliphatic rings. The highest BCUT2D eigenvalue weighted by Gasteiger charge is 2.09. The molecule has 2 rings (SSSR count). The number of fused-ring (bicyclic) bond motifs is 1. The lowest BCUT2D eigenvalue weighted by Gasteiger charge is -1.94. The Balaban J connectivity index is 2.67. The smallest absolute Gasteiger partial charge is 0.150 e.